The molecular weight excluding hydrogens is 675 g/mol. The van der Waals surface area contributed by atoms with E-state index >= 15 is 4.57 Å². The molecule has 50 heavy (non-hydrogen) atoms. The minimum atomic E-state index is -4.29. The number of nitrogens with one attached hydrogen (secondary N) is 1. The van der Waals surface area contributed by atoms with Gasteiger partial charge in [0.25, 0.3) is 11.7 Å². The van der Waals surface area contributed by atoms with E-state index in [1.165, 1.54) is 4.90 Å². The van der Waals surface area contributed by atoms with Crippen LogP contribution < -0.4 is 42.7 Å². The molecule has 2 atom stereocenters. The van der Waals surface area contributed by atoms with Crippen LogP contribution in [0.25, 0.3) is 0 Å². The zero-order chi connectivity index (χ0) is 34.2. The number of likely N-dealkylation sites (tertiary alicyclic amines) is 1. The van der Waals surface area contributed by atoms with Gasteiger partial charge in [0.1, 0.15) is 29.0 Å². The lowest BCUT2D eigenvalue weighted by Gasteiger charge is -2.31. The molecule has 1 saturated heterocycles. The van der Waals surface area contributed by atoms with Gasteiger partial charge in [0.05, 0.1) is 5.56 Å². The number of benzene rings is 5. The van der Waals surface area contributed by atoms with E-state index in [0.29, 0.717) is 47.6 Å². The van der Waals surface area contributed by atoms with E-state index in [4.69, 9.17) is 24.9 Å². The van der Waals surface area contributed by atoms with Crippen molar-refractivity contribution in [3.8, 4) is 23.0 Å². The van der Waals surface area contributed by atoms with E-state index in [2.05, 4.69) is 5.32 Å². The number of nitrogens with zero attached hydrogens (tertiary/aromatic N) is 1. The number of hydrogen-bond acceptors (Lipinski definition) is 6. The molecule has 1 aliphatic rings. The molecule has 1 unspecified atom stereocenters. The number of rotatable bonds is 12. The Morgan fingerprint density at radius 3 is 1.84 bits per heavy atom. The Hall–Kier alpha value is -5.57. The Morgan fingerprint density at radius 2 is 1.28 bits per heavy atom. The maximum atomic E-state index is 15.0. The number of para-hydroxylation sites is 3. The molecule has 12 heteroatoms. The maximum absolute atomic E-state index is 15.0. The van der Waals surface area contributed by atoms with Crippen LogP contribution in [-0.2, 0) is 9.36 Å². The number of amides is 2. The minimum Gasteiger partial charge on any atom is -1.00 e. The van der Waals surface area contributed by atoms with Gasteiger partial charge in [-0.2, -0.15) is 0 Å². The van der Waals surface area contributed by atoms with Gasteiger partial charge in [0.2, 0.25) is 5.91 Å². The van der Waals surface area contributed by atoms with Crippen molar-refractivity contribution in [3.63, 3.8) is 0 Å². The van der Waals surface area contributed by atoms with Crippen LogP contribution in [0, 0.1) is 0 Å². The zero-order valence-electron chi connectivity index (χ0n) is 26.9. The second kappa shape index (κ2) is 16.2. The normalized spacial score (nSPS) is 14.5. The fraction of sp³-hybridized carbons (Fsp3) is 0.132. The monoisotopic (exact) mass is 710 g/mol. The standard InChI is InChI=1S/C38H35N4O6P.ClH/c39-35(40)27-21-23-28(24-22-27)37(49(45,47-31-15-6-2-7-16-31)48-32-17-8-3-9-18-32)41-36(43)34-20-11-25-42(34)38(44)29-12-10-19-33(26-29)46-30-13-4-1-5-14-30;/h1-10,12-19,21-24,26,34,37H,11,20,25H2,(H3,39,40)(H,41,43);1H/t34-,37?;/m0./s1. The fourth-order valence-electron chi connectivity index (χ4n) is 5.58. The van der Waals surface area contributed by atoms with Crippen molar-refractivity contribution in [1.82, 2.24) is 10.2 Å². The predicted molar refractivity (Wildman–Crippen MR) is 186 cm³/mol. The largest absolute Gasteiger partial charge is 1.00 e. The molecule has 5 aromatic carbocycles. The number of hydrogen-bond donors (Lipinski definition) is 3. The third-order valence-corrected chi connectivity index (χ3v) is 9.97. The Morgan fingerprint density at radius 1 is 0.740 bits per heavy atom. The lowest BCUT2D eigenvalue weighted by molar-refractivity contribution is -0.125. The molecule has 256 valence electrons. The maximum Gasteiger partial charge on any atom is 0.457 e. The highest BCUT2D eigenvalue weighted by atomic mass is 35.5. The Balaban J connectivity index is 0.00000486. The Kier molecular flexibility index (Phi) is 11.6. The van der Waals surface area contributed by atoms with Gasteiger partial charge in [-0.3, -0.25) is 20.7 Å². The van der Waals surface area contributed by atoms with Crippen LogP contribution >= 0.6 is 7.60 Å². The van der Waals surface area contributed by atoms with Crippen LogP contribution in [0.15, 0.2) is 140 Å². The van der Waals surface area contributed by atoms with Gasteiger partial charge < -0.3 is 36.4 Å². The average molecular weight is 711 g/mol. The van der Waals surface area contributed by atoms with E-state index in [9.17, 15) is 9.59 Å². The second-order valence-electron chi connectivity index (χ2n) is 11.4. The summed E-state index contributed by atoms with van der Waals surface area (Å²) < 4.78 is 33.3. The van der Waals surface area contributed by atoms with Crippen LogP contribution in [0.5, 0.6) is 23.0 Å². The molecule has 2 amide bonds. The van der Waals surface area contributed by atoms with Crippen molar-refractivity contribution in [2.24, 2.45) is 5.73 Å². The van der Waals surface area contributed by atoms with E-state index < -0.39 is 25.3 Å². The SMILES string of the molecule is NC(=[NH2+])c1ccc(C(NC(=O)[C@@H]2CCCN2C(=O)c2cccc(Oc3ccccc3)c2)P(=O)(Oc2ccccc2)Oc2ccccc2)cc1.[Cl-]. The third kappa shape index (κ3) is 8.52. The number of halogens is 1. The Bertz CT molecular complexity index is 1920. The summed E-state index contributed by atoms with van der Waals surface area (Å²) >= 11 is 0. The summed E-state index contributed by atoms with van der Waals surface area (Å²) in [5.74, 6) is -0.307. The van der Waals surface area contributed by atoms with Crippen molar-refractivity contribution >= 4 is 25.2 Å². The van der Waals surface area contributed by atoms with E-state index in [0.717, 1.165) is 0 Å². The van der Waals surface area contributed by atoms with Gasteiger partial charge >= 0.3 is 7.60 Å². The molecule has 0 saturated carbocycles. The van der Waals surface area contributed by atoms with Gasteiger partial charge in [0, 0.05) is 12.1 Å². The molecule has 1 aliphatic heterocycles. The topological polar surface area (TPSA) is 146 Å². The van der Waals surface area contributed by atoms with Gasteiger partial charge in [-0.05, 0) is 85.1 Å². The van der Waals surface area contributed by atoms with Gasteiger partial charge in [-0.1, -0.05) is 72.8 Å². The molecule has 0 aromatic heterocycles. The average Bonchev–Trinajstić information content (AvgIpc) is 3.62. The molecule has 0 aliphatic carbocycles. The Labute approximate surface area is 296 Å². The van der Waals surface area contributed by atoms with E-state index in [-0.39, 0.29) is 35.6 Å². The molecule has 5 N–H and O–H groups in total. The molecule has 6 rings (SSSR count). The summed E-state index contributed by atoms with van der Waals surface area (Å²) in [7, 11) is -4.29. The van der Waals surface area contributed by atoms with Crippen LogP contribution in [0.4, 0.5) is 0 Å². The highest BCUT2D eigenvalue weighted by Crippen LogP contribution is 2.59. The molecule has 1 fully saturated rings. The summed E-state index contributed by atoms with van der Waals surface area (Å²) in [5.41, 5.74) is 7.17. The van der Waals surface area contributed by atoms with Gasteiger partial charge in [-0.25, -0.2) is 4.57 Å². The highest BCUT2D eigenvalue weighted by Gasteiger charge is 2.44. The number of ether oxygens (including phenoxy) is 1. The zero-order valence-corrected chi connectivity index (χ0v) is 28.6. The third-order valence-electron chi connectivity index (χ3n) is 7.98. The van der Waals surface area contributed by atoms with Crippen molar-refractivity contribution in [1.29, 1.82) is 0 Å². The predicted octanol–water partition coefficient (Wildman–Crippen LogP) is 2.72. The molecule has 5 aromatic rings. The number of amidine groups is 1. The van der Waals surface area contributed by atoms with Crippen LogP contribution in [0.2, 0.25) is 0 Å². The minimum absolute atomic E-state index is 0. The van der Waals surface area contributed by atoms with Gasteiger partial charge in [-0.15, -0.1) is 0 Å². The van der Waals surface area contributed by atoms with E-state index in [1.807, 2.05) is 30.3 Å². The van der Waals surface area contributed by atoms with Crippen molar-refractivity contribution in [3.05, 3.63) is 156 Å². The molecular formula is C38H36ClN4O6P. The van der Waals surface area contributed by atoms with E-state index in [1.54, 1.807) is 109 Å². The van der Waals surface area contributed by atoms with Crippen LogP contribution in [-0.4, -0.2) is 35.1 Å². The summed E-state index contributed by atoms with van der Waals surface area (Å²) in [4.78, 5) is 29.6. The summed E-state index contributed by atoms with van der Waals surface area (Å²) in [6, 6.07) is 39.1. The summed E-state index contributed by atoms with van der Waals surface area (Å²) in [6.45, 7) is 0.365. The van der Waals surface area contributed by atoms with Gasteiger partial charge in [0.15, 0.2) is 5.78 Å². The molecule has 0 spiro atoms. The second-order valence-corrected chi connectivity index (χ2v) is 13.4. The van der Waals surface area contributed by atoms with Crippen molar-refractivity contribution in [2.75, 3.05) is 6.54 Å². The highest BCUT2D eigenvalue weighted by molar-refractivity contribution is 7.55. The first-order valence-corrected chi connectivity index (χ1v) is 17.4. The lowest BCUT2D eigenvalue weighted by atomic mass is 10.1. The lowest BCUT2D eigenvalue weighted by Crippen LogP contribution is -3.00. The molecule has 10 nitrogen and oxygen atoms in total. The quantitative estimate of drug-likeness (QED) is 0.103. The first kappa shape index (κ1) is 35.7. The summed E-state index contributed by atoms with van der Waals surface area (Å²) in [6.07, 6.45) is 1.01. The first-order valence-electron chi connectivity index (χ1n) is 15.8. The van der Waals surface area contributed by atoms with Crippen LogP contribution in [0.3, 0.4) is 0 Å². The molecule has 0 bridgehead atoms. The fourth-order valence-corrected chi connectivity index (χ4v) is 7.48. The van der Waals surface area contributed by atoms with Crippen molar-refractivity contribution < 1.29 is 45.8 Å². The molecule has 1 heterocycles. The first-order chi connectivity index (χ1) is 23.8. The van der Waals surface area contributed by atoms with Crippen LogP contribution in [0.1, 0.15) is 40.1 Å². The molecule has 0 radical (unpaired) electrons. The van der Waals surface area contributed by atoms with Crippen molar-refractivity contribution in [2.45, 2.75) is 24.7 Å². The smallest absolute Gasteiger partial charge is 0.457 e. The number of carbonyl (C=O) groups excluding carboxylic acids is 2. The summed E-state index contributed by atoms with van der Waals surface area (Å²) in [5, 5.41) is 8.75. The number of nitrogens with two attached hydrogens (primary N) is 2. The number of carbonyl (C=O) groups is 2.